The highest BCUT2D eigenvalue weighted by Gasteiger charge is 2.26. The predicted octanol–water partition coefficient (Wildman–Crippen LogP) is 2.40. The third kappa shape index (κ3) is 1.65. The van der Waals surface area contributed by atoms with Crippen LogP contribution in [0.1, 0.15) is 41.4 Å². The first kappa shape index (κ1) is 9.90. The Morgan fingerprint density at radius 2 is 2.07 bits per heavy atom. The first-order chi connectivity index (χ1) is 7.24. The van der Waals surface area contributed by atoms with Gasteiger partial charge < -0.3 is 4.42 Å². The fraction of sp³-hybridized carbons (Fsp3) is 0.333. The summed E-state index contributed by atoms with van der Waals surface area (Å²) in [6.07, 6.45) is 7.25. The van der Waals surface area contributed by atoms with Gasteiger partial charge in [0.05, 0.1) is 11.8 Å². The van der Waals surface area contributed by atoms with Crippen LogP contribution in [0.3, 0.4) is 0 Å². The molecule has 0 aliphatic heterocycles. The van der Waals surface area contributed by atoms with Crippen LogP contribution in [-0.4, -0.2) is 11.6 Å². The Morgan fingerprint density at radius 1 is 1.27 bits per heavy atom. The highest BCUT2D eigenvalue weighted by Crippen LogP contribution is 2.24. The van der Waals surface area contributed by atoms with Gasteiger partial charge in [-0.05, 0) is 25.0 Å². The van der Waals surface area contributed by atoms with Gasteiger partial charge in [0, 0.05) is 5.56 Å². The van der Waals surface area contributed by atoms with Crippen LogP contribution in [0.15, 0.2) is 16.8 Å². The van der Waals surface area contributed by atoms with Crippen molar-refractivity contribution < 1.29 is 14.0 Å². The zero-order valence-corrected chi connectivity index (χ0v) is 8.58. The molecule has 3 heteroatoms. The Hall–Kier alpha value is -1.64. The molecule has 15 heavy (non-hydrogen) atoms. The molecule has 0 saturated carbocycles. The molecule has 0 N–H and O–H groups in total. The highest BCUT2D eigenvalue weighted by molar-refractivity contribution is 6.50. The molecule has 1 aliphatic carbocycles. The summed E-state index contributed by atoms with van der Waals surface area (Å²) in [5.41, 5.74) is 1.32. The fourth-order valence-electron chi connectivity index (χ4n) is 1.69. The van der Waals surface area contributed by atoms with Crippen molar-refractivity contribution in [1.82, 2.24) is 0 Å². The molecule has 0 aromatic carbocycles. The van der Waals surface area contributed by atoms with Crippen LogP contribution in [0.5, 0.6) is 0 Å². The van der Waals surface area contributed by atoms with Gasteiger partial charge in [-0.25, -0.2) is 0 Å². The lowest BCUT2D eigenvalue weighted by molar-refractivity contribution is -0.110. The van der Waals surface area contributed by atoms with E-state index in [0.717, 1.165) is 24.8 Å². The van der Waals surface area contributed by atoms with Gasteiger partial charge in [-0.15, -0.1) is 0 Å². The van der Waals surface area contributed by atoms with E-state index in [1.165, 1.54) is 6.08 Å². The maximum atomic E-state index is 11.6. The number of fused-ring (bicyclic) bond motifs is 1. The van der Waals surface area contributed by atoms with Crippen LogP contribution in [0.2, 0.25) is 0 Å². The average Bonchev–Trinajstić information content (AvgIpc) is 2.64. The van der Waals surface area contributed by atoms with Gasteiger partial charge in [-0.1, -0.05) is 13.3 Å². The molecule has 2 rings (SSSR count). The Bertz CT molecular complexity index is 438. The van der Waals surface area contributed by atoms with Gasteiger partial charge in [0.25, 0.3) is 0 Å². The van der Waals surface area contributed by atoms with E-state index in [0.29, 0.717) is 11.3 Å². The minimum atomic E-state index is -0.457. The van der Waals surface area contributed by atoms with E-state index in [2.05, 4.69) is 6.92 Å². The minimum Gasteiger partial charge on any atom is -0.464 e. The molecule has 0 amide bonds. The maximum absolute atomic E-state index is 11.6. The summed E-state index contributed by atoms with van der Waals surface area (Å²) >= 11 is 0. The lowest BCUT2D eigenvalue weighted by atomic mass is 9.96. The van der Waals surface area contributed by atoms with Crippen LogP contribution >= 0.6 is 0 Å². The quantitative estimate of drug-likeness (QED) is 0.710. The largest absolute Gasteiger partial charge is 0.464 e. The van der Waals surface area contributed by atoms with Crippen molar-refractivity contribution in [3.63, 3.8) is 0 Å². The molecule has 0 saturated heterocycles. The van der Waals surface area contributed by atoms with Crippen molar-refractivity contribution in [2.45, 2.75) is 26.2 Å². The second-order valence-electron chi connectivity index (χ2n) is 3.63. The van der Waals surface area contributed by atoms with E-state index in [1.54, 1.807) is 12.3 Å². The number of aryl methyl sites for hydroxylation is 1. The van der Waals surface area contributed by atoms with E-state index in [4.69, 9.17) is 4.42 Å². The lowest BCUT2D eigenvalue weighted by Crippen LogP contribution is -2.16. The molecule has 0 atom stereocenters. The zero-order valence-electron chi connectivity index (χ0n) is 8.58. The molecule has 0 unspecified atom stereocenters. The van der Waals surface area contributed by atoms with Crippen molar-refractivity contribution in [3.8, 4) is 0 Å². The Labute approximate surface area is 87.8 Å². The van der Waals surface area contributed by atoms with Crippen molar-refractivity contribution in [2.24, 2.45) is 0 Å². The van der Waals surface area contributed by atoms with E-state index in [9.17, 15) is 9.59 Å². The number of rotatable bonds is 3. The molecule has 3 nitrogen and oxygen atoms in total. The highest BCUT2D eigenvalue weighted by atomic mass is 16.3. The molecule has 0 bridgehead atoms. The molecule has 1 aromatic rings. The molecule has 1 heterocycles. The average molecular weight is 204 g/mol. The molecule has 1 aromatic heterocycles. The molecular weight excluding hydrogens is 192 g/mol. The fourth-order valence-corrected chi connectivity index (χ4v) is 1.69. The second-order valence-corrected chi connectivity index (χ2v) is 3.63. The van der Waals surface area contributed by atoms with Gasteiger partial charge in [0.2, 0.25) is 11.6 Å². The number of allylic oxidation sites excluding steroid dienone is 1. The number of ketones is 2. The van der Waals surface area contributed by atoms with Gasteiger partial charge in [0.1, 0.15) is 5.76 Å². The SMILES string of the molecule is CCCCc1coc2c1C(=O)C(=O)C=C2. The number of carbonyl (C=O) groups excluding carboxylic acids is 2. The van der Waals surface area contributed by atoms with Gasteiger partial charge in [-0.3, -0.25) is 9.59 Å². The van der Waals surface area contributed by atoms with Crippen molar-refractivity contribution in [2.75, 3.05) is 0 Å². The Morgan fingerprint density at radius 3 is 2.80 bits per heavy atom. The summed E-state index contributed by atoms with van der Waals surface area (Å²) < 4.78 is 5.24. The van der Waals surface area contributed by atoms with Crippen LogP contribution in [-0.2, 0) is 11.2 Å². The molecule has 0 fully saturated rings. The van der Waals surface area contributed by atoms with Crippen molar-refractivity contribution >= 4 is 17.6 Å². The van der Waals surface area contributed by atoms with Crippen LogP contribution in [0.4, 0.5) is 0 Å². The lowest BCUT2D eigenvalue weighted by Gasteiger charge is -2.03. The first-order valence-electron chi connectivity index (χ1n) is 5.11. The number of Topliss-reactive ketones (excluding diaryl/α,β-unsaturated/α-hetero) is 1. The summed E-state index contributed by atoms with van der Waals surface area (Å²) in [6.45, 7) is 2.08. The van der Waals surface area contributed by atoms with Crippen LogP contribution in [0.25, 0.3) is 6.08 Å². The summed E-state index contributed by atoms with van der Waals surface area (Å²) in [7, 11) is 0. The van der Waals surface area contributed by atoms with Crippen molar-refractivity contribution in [1.29, 1.82) is 0 Å². The third-order valence-electron chi connectivity index (χ3n) is 2.53. The molecule has 78 valence electrons. The summed E-state index contributed by atoms with van der Waals surface area (Å²) in [4.78, 5) is 22.8. The number of hydrogen-bond donors (Lipinski definition) is 0. The minimum absolute atomic E-state index is 0.438. The molecular formula is C12H12O3. The molecule has 1 aliphatic rings. The first-order valence-corrected chi connectivity index (χ1v) is 5.11. The van der Waals surface area contributed by atoms with Gasteiger partial charge in [0.15, 0.2) is 0 Å². The number of furan rings is 1. The number of unbranched alkanes of at least 4 members (excludes halogenated alkanes) is 1. The number of hydrogen-bond acceptors (Lipinski definition) is 3. The standard InChI is InChI=1S/C12H12O3/c1-2-3-4-8-7-15-10-6-5-9(13)12(14)11(8)10/h5-7H,2-4H2,1H3. The molecule has 0 radical (unpaired) electrons. The van der Waals surface area contributed by atoms with E-state index in [1.807, 2.05) is 0 Å². The van der Waals surface area contributed by atoms with E-state index < -0.39 is 11.6 Å². The molecule has 0 spiro atoms. The van der Waals surface area contributed by atoms with Gasteiger partial charge >= 0.3 is 0 Å². The number of carbonyl (C=O) groups is 2. The summed E-state index contributed by atoms with van der Waals surface area (Å²) in [6, 6.07) is 0. The van der Waals surface area contributed by atoms with E-state index in [-0.39, 0.29) is 0 Å². The van der Waals surface area contributed by atoms with Crippen molar-refractivity contribution in [3.05, 3.63) is 29.2 Å². The zero-order chi connectivity index (χ0) is 10.8. The smallest absolute Gasteiger partial charge is 0.237 e. The Balaban J connectivity index is 2.37. The predicted molar refractivity (Wildman–Crippen MR) is 55.7 cm³/mol. The Kier molecular flexibility index (Phi) is 2.54. The second kappa shape index (κ2) is 3.85. The van der Waals surface area contributed by atoms with Crippen LogP contribution in [0, 0.1) is 0 Å². The normalized spacial score (nSPS) is 14.5. The third-order valence-corrected chi connectivity index (χ3v) is 2.53. The topological polar surface area (TPSA) is 47.3 Å². The summed E-state index contributed by atoms with van der Waals surface area (Å²) in [5, 5.41) is 0. The summed E-state index contributed by atoms with van der Waals surface area (Å²) in [5.74, 6) is -0.375. The van der Waals surface area contributed by atoms with Crippen LogP contribution < -0.4 is 0 Å². The van der Waals surface area contributed by atoms with Gasteiger partial charge in [-0.2, -0.15) is 0 Å². The maximum Gasteiger partial charge on any atom is 0.237 e. The van der Waals surface area contributed by atoms with E-state index >= 15 is 0 Å². The monoisotopic (exact) mass is 204 g/mol.